The molecule has 8 unspecified atom stereocenters. The minimum absolute atomic E-state index is 0.188. The van der Waals surface area contributed by atoms with Crippen molar-refractivity contribution in [3.8, 4) is 0 Å². The second-order valence-corrected chi connectivity index (χ2v) is 25.6. The summed E-state index contributed by atoms with van der Waals surface area (Å²) in [6.07, 6.45) is 31.4. The highest BCUT2D eigenvalue weighted by Crippen LogP contribution is 2.69. The molecule has 4 saturated carbocycles. The minimum atomic E-state index is -2.62. The van der Waals surface area contributed by atoms with E-state index in [1.807, 2.05) is 0 Å². The van der Waals surface area contributed by atoms with Gasteiger partial charge in [0.05, 0.1) is 0 Å². The van der Waals surface area contributed by atoms with E-state index in [0.717, 1.165) is 6.42 Å². The molecule has 0 heterocycles. The Hall–Kier alpha value is -3.16. The molecule has 0 spiro atoms. The molecule has 9 rings (SSSR count). The van der Waals surface area contributed by atoms with Gasteiger partial charge in [-0.3, -0.25) is 0 Å². The highest BCUT2D eigenvalue weighted by Gasteiger charge is 2.66. The number of fused-ring (bicyclic) bond motifs is 6. The first-order valence-electron chi connectivity index (χ1n) is 21.7. The van der Waals surface area contributed by atoms with Gasteiger partial charge >= 0.3 is 0 Å². The van der Waals surface area contributed by atoms with Gasteiger partial charge in [-0.25, -0.2) is 0 Å². The Bertz CT molecular complexity index is 1880. The van der Waals surface area contributed by atoms with Gasteiger partial charge in [0.2, 0.25) is 0 Å². The molecule has 0 bridgehead atoms. The molecule has 1 heteroatoms. The van der Waals surface area contributed by atoms with E-state index in [-0.39, 0.29) is 21.7 Å². The van der Waals surface area contributed by atoms with Gasteiger partial charge in [-0.15, -0.1) is 6.58 Å². The van der Waals surface area contributed by atoms with Crippen LogP contribution in [0.15, 0.2) is 144 Å². The molecule has 7 aliphatic rings. The molecule has 282 valence electrons. The molecule has 0 aromatic heterocycles. The van der Waals surface area contributed by atoms with Crippen LogP contribution in [-0.4, -0.2) is 8.07 Å². The topological polar surface area (TPSA) is 0 Å². The van der Waals surface area contributed by atoms with Crippen molar-refractivity contribution in [1.82, 2.24) is 0 Å². The molecular weight excluding hydrogens is 665 g/mol. The van der Waals surface area contributed by atoms with E-state index in [4.69, 9.17) is 0 Å². The Morgan fingerprint density at radius 2 is 0.926 bits per heavy atom. The van der Waals surface area contributed by atoms with Crippen molar-refractivity contribution in [3.63, 3.8) is 0 Å². The number of hydrogen-bond donors (Lipinski definition) is 0. The smallest absolute Gasteiger partial charge is 0.103 e. The van der Waals surface area contributed by atoms with Crippen LogP contribution in [0.3, 0.4) is 0 Å². The molecular formula is C53H66Si. The fourth-order valence-electron chi connectivity index (χ4n) is 13.8. The summed E-state index contributed by atoms with van der Waals surface area (Å²) in [6, 6.07) is 24.4. The summed E-state index contributed by atoms with van der Waals surface area (Å²) in [4.78, 5) is 0. The van der Waals surface area contributed by atoms with E-state index in [9.17, 15) is 0 Å². The maximum absolute atomic E-state index is 4.32. The highest BCUT2D eigenvalue weighted by atomic mass is 28.3. The van der Waals surface area contributed by atoms with E-state index in [1.165, 1.54) is 32.1 Å². The number of benzene rings is 2. The first-order chi connectivity index (χ1) is 25.7. The van der Waals surface area contributed by atoms with Gasteiger partial charge in [-0.2, -0.15) is 0 Å². The monoisotopic (exact) mass is 730 g/mol. The van der Waals surface area contributed by atoms with Crippen molar-refractivity contribution in [1.29, 1.82) is 0 Å². The molecule has 4 fully saturated rings. The molecule has 0 nitrogen and oxygen atoms in total. The Morgan fingerprint density at radius 1 is 0.537 bits per heavy atom. The fraction of sp³-hybridized carbons (Fsp3) is 0.509. The Morgan fingerprint density at radius 3 is 1.33 bits per heavy atom. The molecule has 7 aliphatic carbocycles. The lowest BCUT2D eigenvalue weighted by molar-refractivity contribution is 0.244. The van der Waals surface area contributed by atoms with Crippen LogP contribution in [0.25, 0.3) is 0 Å². The quantitative estimate of drug-likeness (QED) is 0.205. The number of allylic oxidation sites excluding steroid dienone is 13. The predicted molar refractivity (Wildman–Crippen MR) is 233 cm³/mol. The summed E-state index contributed by atoms with van der Waals surface area (Å²) in [5.41, 5.74) is 8.64. The zero-order valence-corrected chi connectivity index (χ0v) is 35.6. The third-order valence-corrected chi connectivity index (χ3v) is 22.9. The van der Waals surface area contributed by atoms with E-state index >= 15 is 0 Å². The fourth-order valence-corrected chi connectivity index (χ4v) is 21.2. The lowest BCUT2D eigenvalue weighted by Crippen LogP contribution is -2.67. The summed E-state index contributed by atoms with van der Waals surface area (Å²) in [5, 5.41) is 3.33. The van der Waals surface area contributed by atoms with Crippen LogP contribution in [0, 0.1) is 63.1 Å². The summed E-state index contributed by atoms with van der Waals surface area (Å²) in [7, 11) is -2.62. The maximum atomic E-state index is 4.32. The van der Waals surface area contributed by atoms with Crippen LogP contribution >= 0.6 is 0 Å². The minimum Gasteiger partial charge on any atom is -0.103 e. The lowest BCUT2D eigenvalue weighted by atomic mass is 9.56. The van der Waals surface area contributed by atoms with E-state index in [0.29, 0.717) is 52.5 Å². The Labute approximate surface area is 329 Å². The SMILES string of the molecule is C=CCC1CC([Si](c2ccccc2)(c2ccccc2)C2C3C=C4C(=CC3C3C=C5C(=CC32)C(C)(C)CCC5(C)C)C(C)(C)CCC4(C)C)C2C=CC=CC12. The molecule has 8 atom stereocenters. The average molecular weight is 731 g/mol. The van der Waals surface area contributed by atoms with Crippen molar-refractivity contribution >= 4 is 18.4 Å². The maximum Gasteiger partial charge on any atom is 0.125 e. The van der Waals surface area contributed by atoms with Crippen molar-refractivity contribution in [3.05, 3.63) is 144 Å². The second kappa shape index (κ2) is 12.7. The largest absolute Gasteiger partial charge is 0.125 e. The van der Waals surface area contributed by atoms with Crippen molar-refractivity contribution in [2.24, 2.45) is 63.1 Å². The number of rotatable bonds is 6. The molecule has 2 aromatic carbocycles. The number of hydrogen-bond acceptors (Lipinski definition) is 0. The van der Waals surface area contributed by atoms with Crippen LogP contribution in [0.4, 0.5) is 0 Å². The Balaban J connectivity index is 1.37. The molecule has 0 N–H and O–H groups in total. The van der Waals surface area contributed by atoms with Gasteiger partial charge in [-0.1, -0.05) is 181 Å². The molecule has 54 heavy (non-hydrogen) atoms. The van der Waals surface area contributed by atoms with Crippen LogP contribution < -0.4 is 10.4 Å². The highest BCUT2D eigenvalue weighted by molar-refractivity contribution is 7.04. The zero-order valence-electron chi connectivity index (χ0n) is 34.6. The van der Waals surface area contributed by atoms with Crippen LogP contribution in [0.1, 0.15) is 93.9 Å². The Kier molecular flexibility index (Phi) is 8.56. The van der Waals surface area contributed by atoms with E-state index in [2.05, 4.69) is 177 Å². The summed E-state index contributed by atoms with van der Waals surface area (Å²) >= 11 is 0. The lowest BCUT2D eigenvalue weighted by Gasteiger charge is -2.52. The third-order valence-electron chi connectivity index (χ3n) is 16.7. The summed E-state index contributed by atoms with van der Waals surface area (Å²) < 4.78 is 0. The summed E-state index contributed by atoms with van der Waals surface area (Å²) in [5.74, 6) is 3.78. The van der Waals surface area contributed by atoms with Gasteiger partial charge in [-0.05, 0) is 135 Å². The predicted octanol–water partition coefficient (Wildman–Crippen LogP) is 12.8. The van der Waals surface area contributed by atoms with Gasteiger partial charge < -0.3 is 0 Å². The van der Waals surface area contributed by atoms with Gasteiger partial charge in [0.15, 0.2) is 0 Å². The van der Waals surface area contributed by atoms with Crippen LogP contribution in [0.5, 0.6) is 0 Å². The zero-order chi connectivity index (χ0) is 37.8. The molecule has 0 saturated heterocycles. The van der Waals surface area contributed by atoms with Gasteiger partial charge in [0.1, 0.15) is 8.07 Å². The van der Waals surface area contributed by atoms with Crippen molar-refractivity contribution in [2.45, 2.75) is 105 Å². The molecule has 0 amide bonds. The van der Waals surface area contributed by atoms with Crippen LogP contribution in [-0.2, 0) is 0 Å². The standard InChI is InChI=1S/C53H66Si/c1-10-19-35-30-48(39-25-18-17-24-38(35)39)54(36-20-13-11-14-21-36,37-22-15-12-16-23-37)49-42-33-46-44(50(2,3)26-28-52(46,6)7)31-40(42)41-32-45-47(34-43(41)49)53(8,9)29-27-51(45,4)5/h10-18,20-25,31-35,38-43,48-49H,1,19,26-30H2,2-9H3. The summed E-state index contributed by atoms with van der Waals surface area (Å²) in [6.45, 7) is 24.7. The molecule has 0 radical (unpaired) electrons. The first kappa shape index (κ1) is 36.5. The third kappa shape index (κ3) is 5.33. The van der Waals surface area contributed by atoms with Crippen molar-refractivity contribution < 1.29 is 0 Å². The normalized spacial score (nSPS) is 36.3. The van der Waals surface area contributed by atoms with E-state index in [1.54, 1.807) is 32.7 Å². The van der Waals surface area contributed by atoms with Crippen LogP contribution in [0.2, 0.25) is 11.1 Å². The average Bonchev–Trinajstić information content (AvgIpc) is 3.69. The van der Waals surface area contributed by atoms with E-state index < -0.39 is 8.07 Å². The first-order valence-corrected chi connectivity index (χ1v) is 23.8. The van der Waals surface area contributed by atoms with Gasteiger partial charge in [0, 0.05) is 0 Å². The molecule has 2 aromatic rings. The second-order valence-electron chi connectivity index (χ2n) is 21.3. The van der Waals surface area contributed by atoms with Crippen molar-refractivity contribution in [2.75, 3.05) is 0 Å². The molecule has 0 aliphatic heterocycles. The van der Waals surface area contributed by atoms with Gasteiger partial charge in [0.25, 0.3) is 0 Å².